The Balaban J connectivity index is 1.88. The number of benzene rings is 1. The third kappa shape index (κ3) is 2.04. The van der Waals surface area contributed by atoms with Crippen molar-refractivity contribution in [2.24, 2.45) is 0 Å². The van der Waals surface area contributed by atoms with E-state index >= 15 is 0 Å². The number of hydrogen-bond donors (Lipinski definition) is 2. The maximum absolute atomic E-state index is 12.6. The molecule has 1 aliphatic heterocycles. The number of nitrogens with zero attached hydrogens (tertiary/aromatic N) is 2. The Morgan fingerprint density at radius 1 is 1.43 bits per heavy atom. The van der Waals surface area contributed by atoms with Gasteiger partial charge in [-0.1, -0.05) is 12.1 Å². The minimum atomic E-state index is -0.634. The summed E-state index contributed by atoms with van der Waals surface area (Å²) in [5, 5.41) is 15.8. The third-order valence-corrected chi connectivity index (χ3v) is 4.89. The number of rotatable bonds is 2. The fourth-order valence-electron chi connectivity index (χ4n) is 3.00. The number of aryl methyl sites for hydroxylation is 3. The molecule has 6 nitrogen and oxygen atoms in total. The van der Waals surface area contributed by atoms with Crippen LogP contribution in [-0.4, -0.2) is 20.6 Å². The molecule has 1 aromatic carbocycles. The van der Waals surface area contributed by atoms with Crippen molar-refractivity contribution < 1.29 is 9.90 Å². The number of hydrogen-bond acceptors (Lipinski definition) is 5. The van der Waals surface area contributed by atoms with Crippen molar-refractivity contribution in [2.75, 3.05) is 5.32 Å². The van der Waals surface area contributed by atoms with Crippen LogP contribution in [0, 0.1) is 6.92 Å². The van der Waals surface area contributed by atoms with Gasteiger partial charge < -0.3 is 9.67 Å². The highest BCUT2D eigenvalue weighted by atomic mass is 32.1. The lowest BCUT2D eigenvalue weighted by Gasteiger charge is -2.10. The van der Waals surface area contributed by atoms with Gasteiger partial charge in [-0.25, -0.2) is 4.98 Å². The van der Waals surface area contributed by atoms with Crippen molar-refractivity contribution in [1.82, 2.24) is 9.55 Å². The molecule has 0 spiro atoms. The SMILES string of the molecule is Cc1csc(NC(=O)c2c(O)c3cccc4c3n(c2=O)CC4)n1. The van der Waals surface area contributed by atoms with Gasteiger partial charge >= 0.3 is 0 Å². The van der Waals surface area contributed by atoms with Gasteiger partial charge in [-0.3, -0.25) is 14.9 Å². The summed E-state index contributed by atoms with van der Waals surface area (Å²) in [6, 6.07) is 5.48. The molecule has 4 rings (SSSR count). The molecule has 23 heavy (non-hydrogen) atoms. The summed E-state index contributed by atoms with van der Waals surface area (Å²) < 4.78 is 1.56. The smallest absolute Gasteiger partial charge is 0.267 e. The van der Waals surface area contributed by atoms with Gasteiger partial charge in [0.25, 0.3) is 11.5 Å². The standard InChI is InChI=1S/C16H13N3O3S/c1-8-7-23-16(17-8)18-14(21)11-13(20)10-4-2-3-9-5-6-19(12(9)10)15(11)22/h2-4,7,20H,5-6H2,1H3,(H,17,18,21). The first kappa shape index (κ1) is 14.0. The van der Waals surface area contributed by atoms with Crippen LogP contribution in [0.5, 0.6) is 5.75 Å². The number of carbonyl (C=O) groups is 1. The Morgan fingerprint density at radius 3 is 3.00 bits per heavy atom. The van der Waals surface area contributed by atoms with Crippen LogP contribution in [-0.2, 0) is 13.0 Å². The van der Waals surface area contributed by atoms with E-state index in [2.05, 4.69) is 10.3 Å². The quantitative estimate of drug-likeness (QED) is 0.756. The van der Waals surface area contributed by atoms with Crippen LogP contribution in [0.3, 0.4) is 0 Å². The first-order valence-corrected chi connectivity index (χ1v) is 8.05. The van der Waals surface area contributed by atoms with Crippen LogP contribution >= 0.6 is 11.3 Å². The second kappa shape index (κ2) is 4.92. The van der Waals surface area contributed by atoms with Gasteiger partial charge in [-0.05, 0) is 25.0 Å². The molecule has 0 unspecified atom stereocenters. The molecule has 0 atom stereocenters. The Morgan fingerprint density at radius 2 is 2.26 bits per heavy atom. The summed E-state index contributed by atoms with van der Waals surface area (Å²) in [6.07, 6.45) is 0.725. The normalized spacial score (nSPS) is 12.7. The third-order valence-electron chi connectivity index (χ3n) is 4.01. The average molecular weight is 327 g/mol. The highest BCUT2D eigenvalue weighted by molar-refractivity contribution is 7.13. The number of pyridine rings is 1. The van der Waals surface area contributed by atoms with Crippen molar-refractivity contribution in [2.45, 2.75) is 19.9 Å². The van der Waals surface area contributed by atoms with E-state index in [1.54, 1.807) is 16.0 Å². The molecule has 3 aromatic rings. The lowest BCUT2D eigenvalue weighted by molar-refractivity contribution is 0.102. The molecule has 3 heterocycles. The van der Waals surface area contributed by atoms with E-state index in [1.165, 1.54) is 11.3 Å². The number of anilines is 1. The van der Waals surface area contributed by atoms with Crippen molar-refractivity contribution in [3.63, 3.8) is 0 Å². The summed E-state index contributed by atoms with van der Waals surface area (Å²) >= 11 is 1.27. The average Bonchev–Trinajstić information content (AvgIpc) is 3.12. The number of carbonyl (C=O) groups excluding carboxylic acids is 1. The number of aromatic nitrogens is 2. The first-order chi connectivity index (χ1) is 11.1. The topological polar surface area (TPSA) is 84.2 Å². The molecule has 0 aliphatic carbocycles. The zero-order chi connectivity index (χ0) is 16.1. The number of para-hydroxylation sites is 1. The van der Waals surface area contributed by atoms with E-state index in [9.17, 15) is 14.7 Å². The predicted molar refractivity (Wildman–Crippen MR) is 88.4 cm³/mol. The molecule has 1 aliphatic rings. The maximum atomic E-state index is 12.6. The molecule has 0 saturated carbocycles. The number of nitrogens with one attached hydrogen (secondary N) is 1. The van der Waals surface area contributed by atoms with Crippen molar-refractivity contribution in [1.29, 1.82) is 0 Å². The highest BCUT2D eigenvalue weighted by Crippen LogP contribution is 2.32. The van der Waals surface area contributed by atoms with E-state index in [0.717, 1.165) is 23.2 Å². The summed E-state index contributed by atoms with van der Waals surface area (Å²) in [5.74, 6) is -0.902. The Labute approximate surface area is 135 Å². The van der Waals surface area contributed by atoms with Crippen molar-refractivity contribution in [3.05, 3.63) is 50.8 Å². The predicted octanol–water partition coefficient (Wildman–Crippen LogP) is 2.28. The van der Waals surface area contributed by atoms with E-state index in [-0.39, 0.29) is 11.3 Å². The van der Waals surface area contributed by atoms with E-state index in [1.807, 2.05) is 19.1 Å². The highest BCUT2D eigenvalue weighted by Gasteiger charge is 2.26. The minimum absolute atomic E-state index is 0.232. The van der Waals surface area contributed by atoms with Gasteiger partial charge in [0.2, 0.25) is 0 Å². The van der Waals surface area contributed by atoms with Crippen LogP contribution in [0.4, 0.5) is 5.13 Å². The maximum Gasteiger partial charge on any atom is 0.267 e. The Hall–Kier alpha value is -2.67. The fraction of sp³-hybridized carbons (Fsp3) is 0.188. The van der Waals surface area contributed by atoms with Crippen LogP contribution in [0.1, 0.15) is 21.6 Å². The van der Waals surface area contributed by atoms with Gasteiger partial charge in [0, 0.05) is 17.3 Å². The summed E-state index contributed by atoms with van der Waals surface area (Å²) in [5.41, 5.74) is 1.82. The number of amides is 1. The molecular weight excluding hydrogens is 314 g/mol. The Kier molecular flexibility index (Phi) is 2.99. The Bertz CT molecular complexity index is 1020. The number of thiazole rings is 1. The molecule has 7 heteroatoms. The summed E-state index contributed by atoms with van der Waals surface area (Å²) in [4.78, 5) is 29.3. The minimum Gasteiger partial charge on any atom is -0.506 e. The van der Waals surface area contributed by atoms with Crippen LogP contribution < -0.4 is 10.9 Å². The lowest BCUT2D eigenvalue weighted by atomic mass is 10.1. The van der Waals surface area contributed by atoms with Crippen molar-refractivity contribution in [3.8, 4) is 5.75 Å². The summed E-state index contributed by atoms with van der Waals surface area (Å²) in [7, 11) is 0. The van der Waals surface area contributed by atoms with E-state index in [0.29, 0.717) is 17.1 Å². The van der Waals surface area contributed by atoms with Gasteiger partial charge in [-0.15, -0.1) is 11.3 Å². The van der Waals surface area contributed by atoms with Crippen LogP contribution in [0.2, 0.25) is 0 Å². The van der Waals surface area contributed by atoms with Gasteiger partial charge in [0.05, 0.1) is 11.2 Å². The lowest BCUT2D eigenvalue weighted by Crippen LogP contribution is -2.28. The zero-order valence-corrected chi connectivity index (χ0v) is 13.1. The van der Waals surface area contributed by atoms with Gasteiger partial charge in [0.1, 0.15) is 11.3 Å². The molecule has 1 amide bonds. The zero-order valence-electron chi connectivity index (χ0n) is 12.3. The molecule has 116 valence electrons. The molecule has 0 saturated heterocycles. The van der Waals surface area contributed by atoms with Gasteiger partial charge in [-0.2, -0.15) is 0 Å². The second-order valence-electron chi connectivity index (χ2n) is 5.49. The van der Waals surface area contributed by atoms with Crippen molar-refractivity contribution >= 4 is 33.3 Å². The molecule has 0 bridgehead atoms. The molecule has 2 N–H and O–H groups in total. The molecule has 0 radical (unpaired) electrons. The van der Waals surface area contributed by atoms with Crippen LogP contribution in [0.15, 0.2) is 28.4 Å². The molecular formula is C16H13N3O3S. The largest absolute Gasteiger partial charge is 0.506 e. The first-order valence-electron chi connectivity index (χ1n) is 7.17. The molecule has 0 fully saturated rings. The molecule has 2 aromatic heterocycles. The van der Waals surface area contributed by atoms with Gasteiger partial charge in [0.15, 0.2) is 5.13 Å². The van der Waals surface area contributed by atoms with Crippen LogP contribution in [0.25, 0.3) is 10.9 Å². The monoisotopic (exact) mass is 327 g/mol. The van der Waals surface area contributed by atoms with E-state index < -0.39 is 11.5 Å². The second-order valence-corrected chi connectivity index (χ2v) is 6.35. The summed E-state index contributed by atoms with van der Waals surface area (Å²) in [6.45, 7) is 2.34. The number of aromatic hydroxyl groups is 1. The van der Waals surface area contributed by atoms with E-state index in [4.69, 9.17) is 0 Å². The fourth-order valence-corrected chi connectivity index (χ4v) is 3.68.